The molecule has 74 valence electrons. The van der Waals surface area contributed by atoms with Gasteiger partial charge in [0.15, 0.2) is 0 Å². The van der Waals surface area contributed by atoms with Gasteiger partial charge in [0.05, 0.1) is 12.8 Å². The van der Waals surface area contributed by atoms with Gasteiger partial charge in [-0.25, -0.2) is 0 Å². The fraction of sp³-hybridized carbons (Fsp3) is 0.300. The standard InChI is InChI=1S/C10H12N2O2/c1-14-8-4-2-7(3-5-8)9-6-10(13)12-11-9/h2-5,10,12-13H,6H2,1H3. The normalized spacial score (nSPS) is 20.1. The van der Waals surface area contributed by atoms with Gasteiger partial charge in [0.25, 0.3) is 0 Å². The Kier molecular flexibility index (Phi) is 2.37. The number of benzene rings is 1. The number of aliphatic hydroxyl groups excluding tert-OH is 1. The molecule has 1 aliphatic rings. The van der Waals surface area contributed by atoms with Crippen LogP contribution in [0.25, 0.3) is 0 Å². The number of hydrazone groups is 1. The molecular weight excluding hydrogens is 180 g/mol. The summed E-state index contributed by atoms with van der Waals surface area (Å²) < 4.78 is 5.05. The Morgan fingerprint density at radius 2 is 2.14 bits per heavy atom. The second-order valence-electron chi connectivity index (χ2n) is 3.14. The molecule has 4 nitrogen and oxygen atoms in total. The van der Waals surface area contributed by atoms with E-state index in [2.05, 4.69) is 10.5 Å². The molecule has 0 saturated heterocycles. The van der Waals surface area contributed by atoms with Crippen LogP contribution in [0.3, 0.4) is 0 Å². The Morgan fingerprint density at radius 1 is 1.43 bits per heavy atom. The van der Waals surface area contributed by atoms with Gasteiger partial charge in [0.1, 0.15) is 12.0 Å². The lowest BCUT2D eigenvalue weighted by Crippen LogP contribution is -2.17. The van der Waals surface area contributed by atoms with Gasteiger partial charge in [0, 0.05) is 6.42 Å². The third kappa shape index (κ3) is 1.70. The second kappa shape index (κ2) is 3.67. The molecule has 0 spiro atoms. The SMILES string of the molecule is COc1ccc(C2=NNC(O)C2)cc1. The van der Waals surface area contributed by atoms with Crippen LogP contribution in [0, 0.1) is 0 Å². The zero-order chi connectivity index (χ0) is 9.97. The average molecular weight is 192 g/mol. The first-order chi connectivity index (χ1) is 6.79. The summed E-state index contributed by atoms with van der Waals surface area (Å²) in [6.07, 6.45) is -0.00103. The molecule has 1 unspecified atom stereocenters. The number of nitrogens with zero attached hydrogens (tertiary/aromatic N) is 1. The lowest BCUT2D eigenvalue weighted by atomic mass is 10.1. The van der Waals surface area contributed by atoms with Crippen LogP contribution in [0.1, 0.15) is 12.0 Å². The Bertz CT molecular complexity index is 346. The molecule has 1 heterocycles. The average Bonchev–Trinajstić information content (AvgIpc) is 2.65. The maximum Gasteiger partial charge on any atom is 0.145 e. The molecule has 4 heteroatoms. The van der Waals surface area contributed by atoms with Gasteiger partial charge in [-0.3, -0.25) is 5.43 Å². The summed E-state index contributed by atoms with van der Waals surface area (Å²) in [5.41, 5.74) is 4.49. The summed E-state index contributed by atoms with van der Waals surface area (Å²) in [5, 5.41) is 13.2. The van der Waals surface area contributed by atoms with E-state index in [9.17, 15) is 5.11 Å². The van der Waals surface area contributed by atoms with E-state index < -0.39 is 6.23 Å². The number of aliphatic hydroxyl groups is 1. The van der Waals surface area contributed by atoms with Gasteiger partial charge in [-0.2, -0.15) is 5.10 Å². The maximum absolute atomic E-state index is 9.21. The molecule has 1 aromatic carbocycles. The summed E-state index contributed by atoms with van der Waals surface area (Å²) >= 11 is 0. The van der Waals surface area contributed by atoms with Crippen molar-refractivity contribution in [2.75, 3.05) is 7.11 Å². The van der Waals surface area contributed by atoms with Gasteiger partial charge < -0.3 is 9.84 Å². The van der Waals surface area contributed by atoms with Crippen molar-refractivity contribution in [3.8, 4) is 5.75 Å². The van der Waals surface area contributed by atoms with E-state index in [0.717, 1.165) is 17.0 Å². The summed E-state index contributed by atoms with van der Waals surface area (Å²) in [4.78, 5) is 0. The smallest absolute Gasteiger partial charge is 0.145 e. The van der Waals surface area contributed by atoms with Crippen LogP contribution in [-0.2, 0) is 0 Å². The highest BCUT2D eigenvalue weighted by molar-refractivity contribution is 6.01. The predicted octanol–water partition coefficient (Wildman–Crippen LogP) is 0.711. The molecule has 0 fully saturated rings. The zero-order valence-corrected chi connectivity index (χ0v) is 7.90. The molecule has 0 aliphatic carbocycles. The minimum atomic E-state index is -0.549. The third-order valence-corrected chi connectivity index (χ3v) is 2.16. The minimum Gasteiger partial charge on any atom is -0.497 e. The predicted molar refractivity (Wildman–Crippen MR) is 53.3 cm³/mol. The van der Waals surface area contributed by atoms with Crippen molar-refractivity contribution in [1.29, 1.82) is 0 Å². The number of methoxy groups -OCH3 is 1. The van der Waals surface area contributed by atoms with Crippen LogP contribution in [0.4, 0.5) is 0 Å². The Hall–Kier alpha value is -1.55. The van der Waals surface area contributed by atoms with Crippen LogP contribution in [0.2, 0.25) is 0 Å². The van der Waals surface area contributed by atoms with Crippen molar-refractivity contribution >= 4 is 5.71 Å². The lowest BCUT2D eigenvalue weighted by molar-refractivity contribution is 0.158. The first-order valence-electron chi connectivity index (χ1n) is 4.44. The van der Waals surface area contributed by atoms with Gasteiger partial charge in [-0.1, -0.05) is 0 Å². The van der Waals surface area contributed by atoms with Crippen LogP contribution in [-0.4, -0.2) is 24.2 Å². The van der Waals surface area contributed by atoms with Crippen molar-refractivity contribution in [3.63, 3.8) is 0 Å². The molecule has 1 aliphatic heterocycles. The van der Waals surface area contributed by atoms with E-state index >= 15 is 0 Å². The number of hydrogen-bond donors (Lipinski definition) is 2. The van der Waals surface area contributed by atoms with Crippen LogP contribution >= 0.6 is 0 Å². The maximum atomic E-state index is 9.21. The van der Waals surface area contributed by atoms with E-state index in [4.69, 9.17) is 4.74 Å². The first-order valence-corrected chi connectivity index (χ1v) is 4.44. The number of nitrogens with one attached hydrogen (secondary N) is 1. The van der Waals surface area contributed by atoms with Crippen molar-refractivity contribution < 1.29 is 9.84 Å². The Labute approximate surface area is 82.2 Å². The molecule has 0 amide bonds. The lowest BCUT2D eigenvalue weighted by Gasteiger charge is -2.02. The Balaban J connectivity index is 2.17. The highest BCUT2D eigenvalue weighted by Crippen LogP contribution is 2.15. The summed E-state index contributed by atoms with van der Waals surface area (Å²) in [7, 11) is 1.63. The molecule has 14 heavy (non-hydrogen) atoms. The van der Waals surface area contributed by atoms with E-state index in [-0.39, 0.29) is 0 Å². The van der Waals surface area contributed by atoms with Crippen LogP contribution in [0.15, 0.2) is 29.4 Å². The van der Waals surface area contributed by atoms with Crippen LogP contribution in [0.5, 0.6) is 5.75 Å². The Morgan fingerprint density at radius 3 is 2.64 bits per heavy atom. The molecule has 0 bridgehead atoms. The van der Waals surface area contributed by atoms with Crippen molar-refractivity contribution in [2.45, 2.75) is 12.6 Å². The molecule has 1 aromatic rings. The minimum absolute atomic E-state index is 0.548. The van der Waals surface area contributed by atoms with Gasteiger partial charge in [-0.05, 0) is 29.8 Å². The molecule has 0 radical (unpaired) electrons. The fourth-order valence-corrected chi connectivity index (χ4v) is 1.39. The highest BCUT2D eigenvalue weighted by Gasteiger charge is 2.16. The van der Waals surface area contributed by atoms with Gasteiger partial charge >= 0.3 is 0 Å². The van der Waals surface area contributed by atoms with E-state index in [1.165, 1.54) is 0 Å². The van der Waals surface area contributed by atoms with Crippen LogP contribution < -0.4 is 10.2 Å². The fourth-order valence-electron chi connectivity index (χ4n) is 1.39. The number of hydrogen-bond acceptors (Lipinski definition) is 4. The number of ether oxygens (including phenoxy) is 1. The largest absolute Gasteiger partial charge is 0.497 e. The summed E-state index contributed by atoms with van der Waals surface area (Å²) in [5.74, 6) is 0.820. The molecule has 1 atom stereocenters. The topological polar surface area (TPSA) is 53.8 Å². The van der Waals surface area contributed by atoms with Crippen molar-refractivity contribution in [2.24, 2.45) is 5.10 Å². The first kappa shape index (κ1) is 9.02. The van der Waals surface area contributed by atoms with E-state index in [1.807, 2.05) is 24.3 Å². The van der Waals surface area contributed by atoms with E-state index in [1.54, 1.807) is 7.11 Å². The summed E-state index contributed by atoms with van der Waals surface area (Å²) in [6, 6.07) is 7.61. The monoisotopic (exact) mass is 192 g/mol. The zero-order valence-electron chi connectivity index (χ0n) is 7.90. The molecule has 0 saturated carbocycles. The third-order valence-electron chi connectivity index (χ3n) is 2.16. The highest BCUT2D eigenvalue weighted by atomic mass is 16.5. The van der Waals surface area contributed by atoms with E-state index in [0.29, 0.717) is 6.42 Å². The van der Waals surface area contributed by atoms with Gasteiger partial charge in [-0.15, -0.1) is 0 Å². The quantitative estimate of drug-likeness (QED) is 0.725. The molecule has 2 rings (SSSR count). The number of rotatable bonds is 2. The molecular formula is C10H12N2O2. The van der Waals surface area contributed by atoms with Crippen molar-refractivity contribution in [3.05, 3.63) is 29.8 Å². The summed E-state index contributed by atoms with van der Waals surface area (Å²) in [6.45, 7) is 0. The molecule has 0 aromatic heterocycles. The second-order valence-corrected chi connectivity index (χ2v) is 3.14. The molecule has 2 N–H and O–H groups in total. The van der Waals surface area contributed by atoms with Crippen molar-refractivity contribution in [1.82, 2.24) is 5.43 Å². The van der Waals surface area contributed by atoms with Gasteiger partial charge in [0.2, 0.25) is 0 Å².